The summed E-state index contributed by atoms with van der Waals surface area (Å²) in [5.74, 6) is 0.356. The molecular weight excluding hydrogens is 363 g/mol. The Morgan fingerprint density at radius 3 is 2.55 bits per heavy atom. The van der Waals surface area contributed by atoms with Crippen molar-refractivity contribution in [3.8, 4) is 5.75 Å². The monoisotopic (exact) mass is 382 g/mol. The maximum atomic E-state index is 10.1. The number of piperazine rings is 1. The van der Waals surface area contributed by atoms with Crippen LogP contribution < -0.4 is 5.32 Å². The van der Waals surface area contributed by atoms with E-state index in [9.17, 15) is 5.11 Å². The number of halogens is 3. The molecule has 2 rings (SSSR count). The Hall–Kier alpha value is -0.260. The molecule has 1 aliphatic heterocycles. The Morgan fingerprint density at radius 2 is 2.00 bits per heavy atom. The first-order valence-corrected chi connectivity index (χ1v) is 7.05. The second-order valence-electron chi connectivity index (χ2n) is 4.53. The van der Waals surface area contributed by atoms with Gasteiger partial charge >= 0.3 is 0 Å². The van der Waals surface area contributed by atoms with Gasteiger partial charge in [0.2, 0.25) is 0 Å². The molecule has 0 bridgehead atoms. The summed E-state index contributed by atoms with van der Waals surface area (Å²) in [6, 6.07) is 5.95. The minimum Gasteiger partial charge on any atom is -0.508 e. The van der Waals surface area contributed by atoms with Gasteiger partial charge in [-0.2, -0.15) is 0 Å². The molecule has 0 unspecified atom stereocenters. The second-order valence-corrected chi connectivity index (χ2v) is 5.44. The molecule has 2 N–H and O–H groups in total. The van der Waals surface area contributed by atoms with Gasteiger partial charge in [-0.3, -0.25) is 4.90 Å². The van der Waals surface area contributed by atoms with Crippen molar-refractivity contribution in [2.24, 2.45) is 0 Å². The SMILES string of the molecule is C=CC[C@H](c1ccc(Br)cc1O)N1CCNCC1.Cl.Cl. The van der Waals surface area contributed by atoms with Crippen LogP contribution in [0.1, 0.15) is 18.0 Å². The van der Waals surface area contributed by atoms with Gasteiger partial charge in [-0.05, 0) is 18.6 Å². The number of hydrogen-bond acceptors (Lipinski definition) is 3. The van der Waals surface area contributed by atoms with E-state index in [0.717, 1.165) is 42.6 Å². The van der Waals surface area contributed by atoms with Crippen molar-refractivity contribution in [1.82, 2.24) is 10.2 Å². The Morgan fingerprint density at radius 1 is 1.35 bits per heavy atom. The quantitative estimate of drug-likeness (QED) is 0.780. The van der Waals surface area contributed by atoms with Crippen molar-refractivity contribution < 1.29 is 5.11 Å². The summed E-state index contributed by atoms with van der Waals surface area (Å²) in [5, 5.41) is 13.5. The lowest BCUT2D eigenvalue weighted by Gasteiger charge is -2.35. The third-order valence-electron chi connectivity index (χ3n) is 3.33. The van der Waals surface area contributed by atoms with Crippen LogP contribution in [0.2, 0.25) is 0 Å². The van der Waals surface area contributed by atoms with E-state index >= 15 is 0 Å². The topological polar surface area (TPSA) is 35.5 Å². The predicted octanol–water partition coefficient (Wildman–Crippen LogP) is 3.52. The fourth-order valence-corrected chi connectivity index (χ4v) is 2.77. The van der Waals surface area contributed by atoms with Crippen LogP contribution in [0.15, 0.2) is 35.3 Å². The highest BCUT2D eigenvalue weighted by molar-refractivity contribution is 9.10. The van der Waals surface area contributed by atoms with Gasteiger partial charge in [0.15, 0.2) is 0 Å². The number of phenolic OH excluding ortho intramolecular Hbond substituents is 1. The smallest absolute Gasteiger partial charge is 0.121 e. The van der Waals surface area contributed by atoms with Crippen molar-refractivity contribution in [3.63, 3.8) is 0 Å². The standard InChI is InChI=1S/C14H19BrN2O.2ClH/c1-2-3-13(17-8-6-16-7-9-17)12-5-4-11(15)10-14(12)18;;/h2,4-5,10,13,16,18H,1,3,6-9H2;2*1H/t13-;;/m1../s1. The maximum Gasteiger partial charge on any atom is 0.121 e. The molecule has 6 heteroatoms. The number of phenols is 1. The molecule has 1 heterocycles. The van der Waals surface area contributed by atoms with E-state index in [0.29, 0.717) is 5.75 Å². The molecule has 1 atom stereocenters. The number of aromatic hydroxyl groups is 1. The van der Waals surface area contributed by atoms with Gasteiger partial charge in [0, 0.05) is 42.3 Å². The predicted molar refractivity (Wildman–Crippen MR) is 92.3 cm³/mol. The highest BCUT2D eigenvalue weighted by atomic mass is 79.9. The number of nitrogens with one attached hydrogen (secondary N) is 1. The van der Waals surface area contributed by atoms with Crippen LogP contribution in [0.4, 0.5) is 0 Å². The van der Waals surface area contributed by atoms with Gasteiger partial charge in [-0.1, -0.05) is 28.1 Å². The Balaban J connectivity index is 0.00000180. The van der Waals surface area contributed by atoms with Crippen molar-refractivity contribution in [2.45, 2.75) is 12.5 Å². The molecule has 114 valence electrons. The molecule has 0 radical (unpaired) electrons. The molecule has 0 spiro atoms. The van der Waals surface area contributed by atoms with Crippen LogP contribution in [-0.2, 0) is 0 Å². The molecule has 20 heavy (non-hydrogen) atoms. The normalized spacial score (nSPS) is 16.6. The lowest BCUT2D eigenvalue weighted by atomic mass is 10.00. The fraction of sp³-hybridized carbons (Fsp3) is 0.429. The molecule has 1 saturated heterocycles. The van der Waals surface area contributed by atoms with E-state index < -0.39 is 0 Å². The number of benzene rings is 1. The zero-order valence-corrected chi connectivity index (χ0v) is 14.4. The largest absolute Gasteiger partial charge is 0.508 e. The molecule has 1 aromatic carbocycles. The van der Waals surface area contributed by atoms with Crippen LogP contribution in [0, 0.1) is 0 Å². The molecule has 0 aliphatic carbocycles. The first-order chi connectivity index (χ1) is 8.72. The first-order valence-electron chi connectivity index (χ1n) is 6.26. The summed E-state index contributed by atoms with van der Waals surface area (Å²) in [6.45, 7) is 7.86. The zero-order chi connectivity index (χ0) is 13.0. The van der Waals surface area contributed by atoms with Crippen molar-refractivity contribution in [2.75, 3.05) is 26.2 Å². The average Bonchev–Trinajstić information content (AvgIpc) is 2.38. The van der Waals surface area contributed by atoms with Gasteiger partial charge in [0.25, 0.3) is 0 Å². The maximum absolute atomic E-state index is 10.1. The summed E-state index contributed by atoms with van der Waals surface area (Å²) >= 11 is 3.38. The summed E-state index contributed by atoms with van der Waals surface area (Å²) < 4.78 is 0.904. The minimum atomic E-state index is 0. The molecule has 1 fully saturated rings. The van der Waals surface area contributed by atoms with Crippen molar-refractivity contribution >= 4 is 40.7 Å². The average molecular weight is 384 g/mol. The Bertz CT molecular complexity index is 426. The molecule has 1 aromatic rings. The van der Waals surface area contributed by atoms with Gasteiger partial charge in [0.1, 0.15) is 5.75 Å². The number of rotatable bonds is 4. The van der Waals surface area contributed by atoms with E-state index in [4.69, 9.17) is 0 Å². The van der Waals surface area contributed by atoms with Crippen molar-refractivity contribution in [3.05, 3.63) is 40.9 Å². The fourth-order valence-electron chi connectivity index (χ4n) is 2.42. The lowest BCUT2D eigenvalue weighted by Crippen LogP contribution is -2.45. The van der Waals surface area contributed by atoms with E-state index in [1.165, 1.54) is 0 Å². The summed E-state index contributed by atoms with van der Waals surface area (Å²) in [6.07, 6.45) is 2.78. The van der Waals surface area contributed by atoms with Crippen LogP contribution in [0.3, 0.4) is 0 Å². The third kappa shape index (κ3) is 4.93. The third-order valence-corrected chi connectivity index (χ3v) is 3.83. The molecule has 0 saturated carbocycles. The molecule has 3 nitrogen and oxygen atoms in total. The highest BCUT2D eigenvalue weighted by Gasteiger charge is 2.23. The Labute approximate surface area is 141 Å². The highest BCUT2D eigenvalue weighted by Crippen LogP contribution is 2.33. The van der Waals surface area contributed by atoms with E-state index in [1.54, 1.807) is 6.07 Å². The minimum absolute atomic E-state index is 0. The number of hydrogen-bond donors (Lipinski definition) is 2. The molecule has 1 aliphatic rings. The summed E-state index contributed by atoms with van der Waals surface area (Å²) in [7, 11) is 0. The lowest BCUT2D eigenvalue weighted by molar-refractivity contribution is 0.172. The zero-order valence-electron chi connectivity index (χ0n) is 11.2. The van der Waals surface area contributed by atoms with E-state index in [-0.39, 0.29) is 30.9 Å². The Kier molecular flexibility index (Phi) is 9.51. The summed E-state index contributed by atoms with van der Waals surface area (Å²) in [4.78, 5) is 2.40. The second kappa shape index (κ2) is 9.64. The van der Waals surface area contributed by atoms with E-state index in [1.807, 2.05) is 18.2 Å². The van der Waals surface area contributed by atoms with Gasteiger partial charge < -0.3 is 10.4 Å². The van der Waals surface area contributed by atoms with Crippen LogP contribution in [0.5, 0.6) is 5.75 Å². The van der Waals surface area contributed by atoms with Crippen LogP contribution in [0.25, 0.3) is 0 Å². The van der Waals surface area contributed by atoms with Gasteiger partial charge in [-0.25, -0.2) is 0 Å². The number of nitrogens with zero attached hydrogens (tertiary/aromatic N) is 1. The van der Waals surface area contributed by atoms with Gasteiger partial charge in [0.05, 0.1) is 0 Å². The van der Waals surface area contributed by atoms with Crippen LogP contribution in [-0.4, -0.2) is 36.2 Å². The van der Waals surface area contributed by atoms with Crippen molar-refractivity contribution in [1.29, 1.82) is 0 Å². The summed E-state index contributed by atoms with van der Waals surface area (Å²) in [5.41, 5.74) is 0.986. The molecular formula is C14H21BrCl2N2O. The van der Waals surface area contributed by atoms with Crippen LogP contribution >= 0.6 is 40.7 Å². The molecule has 0 aromatic heterocycles. The van der Waals surface area contributed by atoms with Gasteiger partial charge in [-0.15, -0.1) is 31.4 Å². The van der Waals surface area contributed by atoms with E-state index in [2.05, 4.69) is 32.7 Å². The molecule has 0 amide bonds. The first kappa shape index (κ1) is 19.7.